The molecule has 104 valence electrons. The van der Waals surface area contributed by atoms with Crippen LogP contribution in [-0.2, 0) is 5.33 Å². The maximum atomic E-state index is 13.7. The summed E-state index contributed by atoms with van der Waals surface area (Å²) >= 11 is 3.17. The molecule has 2 rings (SSSR count). The molecule has 0 fully saturated rings. The van der Waals surface area contributed by atoms with Crippen molar-refractivity contribution in [2.45, 2.75) is 5.33 Å². The molecule has 0 aliphatic rings. The van der Waals surface area contributed by atoms with Gasteiger partial charge in [-0.25, -0.2) is 8.78 Å². The number of nitro benzene ring substituents is 1. The third-order valence-corrected chi connectivity index (χ3v) is 3.15. The van der Waals surface area contributed by atoms with Crippen LogP contribution in [0.25, 0.3) is 0 Å². The normalized spacial score (nSPS) is 10.3. The van der Waals surface area contributed by atoms with Gasteiger partial charge in [0.2, 0.25) is 5.75 Å². The number of ether oxygens (including phenoxy) is 1. The van der Waals surface area contributed by atoms with Crippen molar-refractivity contribution < 1.29 is 18.4 Å². The molecule has 0 amide bonds. The molecule has 0 aromatic heterocycles. The Hall–Kier alpha value is -2.02. The van der Waals surface area contributed by atoms with Crippen LogP contribution in [0.2, 0.25) is 0 Å². The fraction of sp³-hybridized carbons (Fsp3) is 0.0769. The molecule has 2 aromatic carbocycles. The zero-order chi connectivity index (χ0) is 14.7. The summed E-state index contributed by atoms with van der Waals surface area (Å²) in [4.78, 5) is 10.0. The van der Waals surface area contributed by atoms with Gasteiger partial charge in [0.25, 0.3) is 0 Å². The van der Waals surface area contributed by atoms with Crippen molar-refractivity contribution in [2.24, 2.45) is 0 Å². The molecule has 0 heterocycles. The van der Waals surface area contributed by atoms with Crippen LogP contribution in [0.5, 0.6) is 11.5 Å². The van der Waals surface area contributed by atoms with Gasteiger partial charge in [-0.3, -0.25) is 10.1 Å². The minimum atomic E-state index is -0.928. The van der Waals surface area contributed by atoms with E-state index in [0.29, 0.717) is 10.9 Å². The number of benzene rings is 2. The van der Waals surface area contributed by atoms with Crippen molar-refractivity contribution in [1.82, 2.24) is 0 Å². The summed E-state index contributed by atoms with van der Waals surface area (Å²) < 4.78 is 32.4. The summed E-state index contributed by atoms with van der Waals surface area (Å²) in [5, 5.41) is 11.3. The van der Waals surface area contributed by atoms with E-state index in [1.54, 1.807) is 6.07 Å². The maximum absolute atomic E-state index is 13.7. The van der Waals surface area contributed by atoms with Gasteiger partial charge in [0.1, 0.15) is 0 Å². The lowest BCUT2D eigenvalue weighted by Gasteiger charge is -2.08. The van der Waals surface area contributed by atoms with Crippen LogP contribution in [-0.4, -0.2) is 4.92 Å². The molecule has 0 bridgehead atoms. The number of alkyl halides is 1. The molecule has 0 unspecified atom stereocenters. The summed E-state index contributed by atoms with van der Waals surface area (Å²) in [6.07, 6.45) is 0. The summed E-state index contributed by atoms with van der Waals surface area (Å²) in [5.41, 5.74) is 0.104. The molecule has 4 nitrogen and oxygen atoms in total. The van der Waals surface area contributed by atoms with E-state index in [9.17, 15) is 18.9 Å². The number of halogens is 3. The maximum Gasteiger partial charge on any atom is 0.314 e. The van der Waals surface area contributed by atoms with Crippen LogP contribution in [0.1, 0.15) is 5.56 Å². The van der Waals surface area contributed by atoms with E-state index in [0.717, 1.165) is 12.1 Å². The molecular weight excluding hydrogens is 336 g/mol. The SMILES string of the molecule is O=[N+]([O-])c1cccc(F)c1Oc1ccc(CBr)cc1F. The van der Waals surface area contributed by atoms with Crippen LogP contribution < -0.4 is 4.74 Å². The first-order chi connectivity index (χ1) is 9.52. The Labute approximate surface area is 121 Å². The van der Waals surface area contributed by atoms with Gasteiger partial charge < -0.3 is 4.74 Å². The van der Waals surface area contributed by atoms with Gasteiger partial charge in [-0.15, -0.1) is 0 Å². The second-order valence-electron chi connectivity index (χ2n) is 3.85. The monoisotopic (exact) mass is 343 g/mol. The Morgan fingerprint density at radius 2 is 1.95 bits per heavy atom. The van der Waals surface area contributed by atoms with E-state index in [1.807, 2.05) is 0 Å². The minimum Gasteiger partial charge on any atom is -0.444 e. The van der Waals surface area contributed by atoms with Crippen molar-refractivity contribution in [3.8, 4) is 11.5 Å². The predicted molar refractivity (Wildman–Crippen MR) is 72.2 cm³/mol. The standard InChI is InChI=1S/C13H8BrF2NO3/c14-7-8-4-5-12(10(16)6-8)20-13-9(15)2-1-3-11(13)17(18)19/h1-6H,7H2. The summed E-state index contributed by atoms with van der Waals surface area (Å²) in [7, 11) is 0. The van der Waals surface area contributed by atoms with E-state index in [2.05, 4.69) is 15.9 Å². The van der Waals surface area contributed by atoms with Crippen LogP contribution in [0.15, 0.2) is 36.4 Å². The van der Waals surface area contributed by atoms with Crippen LogP contribution in [0, 0.1) is 21.7 Å². The molecule has 0 atom stereocenters. The topological polar surface area (TPSA) is 52.4 Å². The third-order valence-electron chi connectivity index (χ3n) is 2.51. The molecule has 0 aliphatic carbocycles. The second-order valence-corrected chi connectivity index (χ2v) is 4.41. The van der Waals surface area contributed by atoms with Gasteiger partial charge >= 0.3 is 5.69 Å². The summed E-state index contributed by atoms with van der Waals surface area (Å²) in [6, 6.07) is 7.35. The molecule has 7 heteroatoms. The first kappa shape index (κ1) is 14.4. The van der Waals surface area contributed by atoms with Gasteiger partial charge in [0.15, 0.2) is 17.4 Å². The highest BCUT2D eigenvalue weighted by atomic mass is 79.9. The first-order valence-electron chi connectivity index (χ1n) is 5.48. The fourth-order valence-electron chi connectivity index (χ4n) is 1.56. The number of para-hydroxylation sites is 1. The molecule has 0 N–H and O–H groups in total. The van der Waals surface area contributed by atoms with Crippen molar-refractivity contribution in [2.75, 3.05) is 0 Å². The lowest BCUT2D eigenvalue weighted by molar-refractivity contribution is -0.385. The molecule has 2 aromatic rings. The predicted octanol–water partition coefficient (Wildman–Crippen LogP) is 4.56. The number of hydrogen-bond acceptors (Lipinski definition) is 3. The smallest absolute Gasteiger partial charge is 0.314 e. The van der Waals surface area contributed by atoms with Gasteiger partial charge in [0.05, 0.1) is 4.92 Å². The number of rotatable bonds is 4. The third kappa shape index (κ3) is 2.93. The van der Waals surface area contributed by atoms with Crippen molar-refractivity contribution in [3.63, 3.8) is 0 Å². The van der Waals surface area contributed by atoms with E-state index in [-0.39, 0.29) is 5.75 Å². The van der Waals surface area contributed by atoms with E-state index in [4.69, 9.17) is 4.74 Å². The average Bonchev–Trinajstić information content (AvgIpc) is 2.42. The van der Waals surface area contributed by atoms with Crippen molar-refractivity contribution >= 4 is 21.6 Å². The zero-order valence-electron chi connectivity index (χ0n) is 9.98. The average molecular weight is 344 g/mol. The van der Waals surface area contributed by atoms with Gasteiger partial charge in [-0.2, -0.15) is 0 Å². The van der Waals surface area contributed by atoms with Gasteiger partial charge in [-0.1, -0.05) is 28.1 Å². The fourth-order valence-corrected chi connectivity index (χ4v) is 1.91. The second kappa shape index (κ2) is 5.96. The quantitative estimate of drug-likeness (QED) is 0.464. The molecule has 0 spiro atoms. The van der Waals surface area contributed by atoms with E-state index < -0.39 is 28.0 Å². The van der Waals surface area contributed by atoms with E-state index in [1.165, 1.54) is 18.2 Å². The number of nitrogens with zero attached hydrogens (tertiary/aromatic N) is 1. The molecule has 0 aliphatic heterocycles. The Kier molecular flexibility index (Phi) is 4.29. The van der Waals surface area contributed by atoms with Crippen molar-refractivity contribution in [3.05, 3.63) is 63.7 Å². The van der Waals surface area contributed by atoms with Crippen molar-refractivity contribution in [1.29, 1.82) is 0 Å². The number of nitro groups is 1. The summed E-state index contributed by atoms with van der Waals surface area (Å²) in [6.45, 7) is 0. The molecule has 0 radical (unpaired) electrons. The van der Waals surface area contributed by atoms with E-state index >= 15 is 0 Å². The minimum absolute atomic E-state index is 0.275. The van der Waals surface area contributed by atoms with Gasteiger partial charge in [0, 0.05) is 11.4 Å². The molecule has 20 heavy (non-hydrogen) atoms. The molecule has 0 saturated heterocycles. The highest BCUT2D eigenvalue weighted by molar-refractivity contribution is 9.08. The van der Waals surface area contributed by atoms with Crippen LogP contribution in [0.4, 0.5) is 14.5 Å². The van der Waals surface area contributed by atoms with Gasteiger partial charge in [-0.05, 0) is 23.8 Å². The zero-order valence-corrected chi connectivity index (χ0v) is 11.6. The lowest BCUT2D eigenvalue weighted by atomic mass is 10.2. The van der Waals surface area contributed by atoms with Crippen LogP contribution in [0.3, 0.4) is 0 Å². The summed E-state index contributed by atoms with van der Waals surface area (Å²) in [5.74, 6) is -2.53. The Bertz CT molecular complexity index is 664. The Morgan fingerprint density at radius 3 is 2.55 bits per heavy atom. The number of hydrogen-bond donors (Lipinski definition) is 0. The Balaban J connectivity index is 2.42. The molecular formula is C13H8BrF2NO3. The lowest BCUT2D eigenvalue weighted by Crippen LogP contribution is -1.97. The van der Waals surface area contributed by atoms with Crippen LogP contribution >= 0.6 is 15.9 Å². The highest BCUT2D eigenvalue weighted by Gasteiger charge is 2.21. The highest BCUT2D eigenvalue weighted by Crippen LogP contribution is 2.35. The molecule has 0 saturated carbocycles. The largest absolute Gasteiger partial charge is 0.444 e. The first-order valence-corrected chi connectivity index (χ1v) is 6.60. The Morgan fingerprint density at radius 1 is 1.20 bits per heavy atom.